The maximum atomic E-state index is 12.1. The molecule has 0 bridgehead atoms. The lowest BCUT2D eigenvalue weighted by Gasteiger charge is -2.12. The maximum Gasteiger partial charge on any atom is 0.271 e. The van der Waals surface area contributed by atoms with E-state index in [-0.39, 0.29) is 11.0 Å². The van der Waals surface area contributed by atoms with Gasteiger partial charge >= 0.3 is 0 Å². The van der Waals surface area contributed by atoms with E-state index in [1.165, 1.54) is 11.3 Å². The molecule has 2 aromatic heterocycles. The van der Waals surface area contributed by atoms with Crippen LogP contribution in [0.25, 0.3) is 10.2 Å². The normalized spacial score (nSPS) is 16.9. The van der Waals surface area contributed by atoms with E-state index in [9.17, 15) is 4.79 Å². The van der Waals surface area contributed by atoms with E-state index in [2.05, 4.69) is 11.1 Å². The molecular weight excluding hydrogens is 234 g/mol. The molecule has 1 saturated carbocycles. The van der Waals surface area contributed by atoms with E-state index in [0.717, 1.165) is 18.4 Å². The molecule has 4 nitrogen and oxygen atoms in total. The predicted octanol–water partition coefficient (Wildman–Crippen LogP) is 2.15. The summed E-state index contributed by atoms with van der Waals surface area (Å²) in [5.74, 6) is 0. The molecule has 1 aliphatic rings. The zero-order chi connectivity index (χ0) is 11.9. The van der Waals surface area contributed by atoms with Gasteiger partial charge < -0.3 is 0 Å². The molecule has 0 N–H and O–H groups in total. The molecule has 2 heterocycles. The summed E-state index contributed by atoms with van der Waals surface area (Å²) in [5, 5.41) is 10.7. The highest BCUT2D eigenvalue weighted by Crippen LogP contribution is 2.49. The zero-order valence-electron chi connectivity index (χ0n) is 9.22. The third-order valence-electron chi connectivity index (χ3n) is 3.35. The number of hydrogen-bond donors (Lipinski definition) is 0. The summed E-state index contributed by atoms with van der Waals surface area (Å²) < 4.78 is 2.36. The Morgan fingerprint density at radius 2 is 2.41 bits per heavy atom. The molecular formula is C12H11N3OS. The lowest BCUT2D eigenvalue weighted by Crippen LogP contribution is -2.24. The number of fused-ring (bicyclic) bond motifs is 1. The van der Waals surface area contributed by atoms with E-state index in [1.807, 2.05) is 11.4 Å². The Morgan fingerprint density at radius 1 is 1.59 bits per heavy atom. The quantitative estimate of drug-likeness (QED) is 0.832. The third kappa shape index (κ3) is 1.75. The van der Waals surface area contributed by atoms with Crippen LogP contribution in [-0.4, -0.2) is 9.55 Å². The fourth-order valence-electron chi connectivity index (χ4n) is 2.09. The minimum Gasteiger partial charge on any atom is -0.297 e. The second-order valence-electron chi connectivity index (χ2n) is 4.65. The van der Waals surface area contributed by atoms with Gasteiger partial charge in [0.15, 0.2) is 0 Å². The summed E-state index contributed by atoms with van der Waals surface area (Å²) >= 11 is 1.43. The largest absolute Gasteiger partial charge is 0.297 e. The first-order chi connectivity index (χ1) is 8.24. The molecule has 1 aliphatic carbocycles. The van der Waals surface area contributed by atoms with Crippen LogP contribution in [0.15, 0.2) is 22.6 Å². The van der Waals surface area contributed by atoms with E-state index in [1.54, 1.807) is 10.9 Å². The van der Waals surface area contributed by atoms with Crippen LogP contribution < -0.4 is 5.56 Å². The Labute approximate surface area is 102 Å². The van der Waals surface area contributed by atoms with Gasteiger partial charge in [0.05, 0.1) is 17.9 Å². The second-order valence-corrected chi connectivity index (χ2v) is 5.56. The summed E-state index contributed by atoms with van der Waals surface area (Å²) in [5.41, 5.74) is 0.821. The zero-order valence-corrected chi connectivity index (χ0v) is 10.0. The topological polar surface area (TPSA) is 58.7 Å². The Balaban J connectivity index is 1.99. The van der Waals surface area contributed by atoms with Gasteiger partial charge in [-0.15, -0.1) is 11.3 Å². The Bertz CT molecular complexity index is 660. The summed E-state index contributed by atoms with van der Waals surface area (Å²) in [7, 11) is 0. The van der Waals surface area contributed by atoms with Crippen molar-refractivity contribution in [3.05, 3.63) is 28.1 Å². The van der Waals surface area contributed by atoms with Crippen LogP contribution in [0.5, 0.6) is 0 Å². The van der Waals surface area contributed by atoms with Crippen LogP contribution in [0, 0.1) is 16.7 Å². The first-order valence-corrected chi connectivity index (χ1v) is 6.42. The Kier molecular flexibility index (Phi) is 2.26. The average Bonchev–Trinajstić information content (AvgIpc) is 2.90. The molecule has 2 aromatic rings. The Morgan fingerprint density at radius 3 is 3.12 bits per heavy atom. The van der Waals surface area contributed by atoms with Crippen molar-refractivity contribution in [1.29, 1.82) is 5.26 Å². The highest BCUT2D eigenvalue weighted by atomic mass is 32.1. The molecule has 0 radical (unpaired) electrons. The number of nitrogens with zero attached hydrogens (tertiary/aromatic N) is 3. The van der Waals surface area contributed by atoms with Crippen LogP contribution >= 0.6 is 11.3 Å². The van der Waals surface area contributed by atoms with E-state index < -0.39 is 0 Å². The van der Waals surface area contributed by atoms with Gasteiger partial charge in [-0.1, -0.05) is 0 Å². The number of rotatable bonds is 3. The van der Waals surface area contributed by atoms with Gasteiger partial charge in [-0.2, -0.15) is 5.26 Å². The first kappa shape index (κ1) is 10.5. The van der Waals surface area contributed by atoms with Crippen LogP contribution in [0.4, 0.5) is 0 Å². The van der Waals surface area contributed by atoms with Crippen molar-refractivity contribution in [2.45, 2.75) is 25.8 Å². The van der Waals surface area contributed by atoms with Crippen molar-refractivity contribution < 1.29 is 0 Å². The lowest BCUT2D eigenvalue weighted by atomic mass is 10.0. The summed E-state index contributed by atoms with van der Waals surface area (Å²) in [6.07, 6.45) is 4.21. The van der Waals surface area contributed by atoms with Crippen molar-refractivity contribution in [1.82, 2.24) is 9.55 Å². The molecule has 17 heavy (non-hydrogen) atoms. The lowest BCUT2D eigenvalue weighted by molar-refractivity contribution is 0.422. The number of thiophene rings is 1. The van der Waals surface area contributed by atoms with E-state index in [0.29, 0.717) is 17.7 Å². The average molecular weight is 245 g/mol. The van der Waals surface area contributed by atoms with Crippen molar-refractivity contribution >= 4 is 21.6 Å². The Hall–Kier alpha value is -1.67. The summed E-state index contributed by atoms with van der Waals surface area (Å²) in [6.45, 7) is 0.625. The maximum absolute atomic E-state index is 12.1. The molecule has 5 heteroatoms. The number of aromatic nitrogens is 2. The molecule has 0 unspecified atom stereocenters. The van der Waals surface area contributed by atoms with Crippen molar-refractivity contribution in [3.63, 3.8) is 0 Å². The second kappa shape index (κ2) is 3.67. The minimum absolute atomic E-state index is 0.0224. The van der Waals surface area contributed by atoms with Crippen molar-refractivity contribution in [2.75, 3.05) is 0 Å². The van der Waals surface area contributed by atoms with Gasteiger partial charge in [0, 0.05) is 18.4 Å². The van der Waals surface area contributed by atoms with Crippen LogP contribution in [-0.2, 0) is 6.54 Å². The summed E-state index contributed by atoms with van der Waals surface area (Å²) in [4.78, 5) is 16.4. The standard InChI is InChI=1S/C12H11N3OS/c13-5-4-12(2-3-12)7-15-8-14-9-1-6-17-10(9)11(15)16/h1,6,8H,2-4,7H2. The van der Waals surface area contributed by atoms with Crippen molar-refractivity contribution in [2.24, 2.45) is 5.41 Å². The van der Waals surface area contributed by atoms with Gasteiger partial charge in [-0.25, -0.2) is 4.98 Å². The molecule has 0 atom stereocenters. The van der Waals surface area contributed by atoms with Crippen molar-refractivity contribution in [3.8, 4) is 6.07 Å². The minimum atomic E-state index is 0.0224. The highest BCUT2D eigenvalue weighted by molar-refractivity contribution is 7.17. The highest BCUT2D eigenvalue weighted by Gasteiger charge is 2.42. The molecule has 3 rings (SSSR count). The fraction of sp³-hybridized carbons (Fsp3) is 0.417. The fourth-order valence-corrected chi connectivity index (χ4v) is 2.88. The smallest absolute Gasteiger partial charge is 0.271 e. The SMILES string of the molecule is N#CCC1(Cn2cnc3ccsc3c2=O)CC1. The van der Waals surface area contributed by atoms with Gasteiger partial charge in [0.25, 0.3) is 5.56 Å². The number of nitriles is 1. The molecule has 0 spiro atoms. The molecule has 0 aliphatic heterocycles. The van der Waals surface area contributed by atoms with Gasteiger partial charge in [-0.05, 0) is 24.3 Å². The molecule has 0 saturated heterocycles. The van der Waals surface area contributed by atoms with E-state index in [4.69, 9.17) is 5.26 Å². The first-order valence-electron chi connectivity index (χ1n) is 5.54. The predicted molar refractivity (Wildman–Crippen MR) is 65.8 cm³/mol. The number of hydrogen-bond acceptors (Lipinski definition) is 4. The van der Waals surface area contributed by atoms with Gasteiger partial charge in [0.1, 0.15) is 4.70 Å². The van der Waals surface area contributed by atoms with Crippen LogP contribution in [0.2, 0.25) is 0 Å². The summed E-state index contributed by atoms with van der Waals surface area (Å²) in [6, 6.07) is 4.06. The third-order valence-corrected chi connectivity index (χ3v) is 4.24. The van der Waals surface area contributed by atoms with Crippen LogP contribution in [0.3, 0.4) is 0 Å². The molecule has 0 aromatic carbocycles. The van der Waals surface area contributed by atoms with Gasteiger partial charge in [0.2, 0.25) is 0 Å². The monoisotopic (exact) mass is 245 g/mol. The molecule has 0 amide bonds. The van der Waals surface area contributed by atoms with E-state index >= 15 is 0 Å². The molecule has 86 valence electrons. The molecule has 1 fully saturated rings. The van der Waals surface area contributed by atoms with Crippen LogP contribution in [0.1, 0.15) is 19.3 Å². The van der Waals surface area contributed by atoms with Gasteiger partial charge in [-0.3, -0.25) is 9.36 Å².